The molecule has 59 heavy (non-hydrogen) atoms. The first-order valence-corrected chi connectivity index (χ1v) is 18.0. The van der Waals surface area contributed by atoms with Crippen molar-refractivity contribution in [2.45, 2.75) is 26.9 Å². The largest absolute Gasteiger partial charge is 0.510 e. The first kappa shape index (κ1) is 40.5. The molecular weight excluding hydrogens is 934 g/mol. The number of halogens is 3. The molecule has 0 atom stereocenters. The van der Waals surface area contributed by atoms with Gasteiger partial charge in [0, 0.05) is 38.0 Å². The maximum absolute atomic E-state index is 13.5. The zero-order chi connectivity index (χ0) is 40.7. The molecule has 0 bridgehead atoms. The van der Waals surface area contributed by atoms with E-state index in [-0.39, 0.29) is 25.9 Å². The van der Waals surface area contributed by atoms with Crippen molar-refractivity contribution in [2.24, 2.45) is 0 Å². The van der Waals surface area contributed by atoms with Crippen LogP contribution in [-0.4, -0.2) is 48.5 Å². The van der Waals surface area contributed by atoms with Crippen molar-refractivity contribution in [2.75, 3.05) is 28.8 Å². The van der Waals surface area contributed by atoms with Gasteiger partial charge in [0.25, 0.3) is 0 Å². The SMILES string of the molecule is CN1C=CN(c2[c-]c(N3C=CN(C)[CH-]3)cc(C#N)c2)[CH-]1.Cc1cc(C)c(N(c2cccc(-n3c4[c-]cncc4c4cnccc43)n2)c2cc(C(F)(F)F)n[n-]2)c(C)c1.[Ir]. The summed E-state index contributed by atoms with van der Waals surface area (Å²) in [6.07, 6.45) is 9.93. The number of hydrogen-bond acceptors (Lipinski definition) is 10. The third kappa shape index (κ3) is 8.07. The Balaban J connectivity index is 0.000000212. The maximum atomic E-state index is 13.5. The van der Waals surface area contributed by atoms with Crippen LogP contribution in [0.4, 0.5) is 41.9 Å². The Morgan fingerprint density at radius 2 is 1.51 bits per heavy atom. The molecule has 0 aliphatic carbocycles. The molecule has 301 valence electrons. The standard InChI is InChI=1S/C28H20F3N7.C15H14N5.Ir/c1-16-11-17(2)27(18(3)12-16)38(26-13-23(35-36-26)28(29,30)31)25-6-4-5-24(34-25)37-21-7-9-32-14-19(21)20-15-33-10-8-22(20)37;1-17-3-5-19(11-17)14-7-13(10-16)8-15(9-14)20-6-4-18(2)12-20;/h4-7,9-15H,1-3H3;3-8,11-12H,1-2H3;/q-2;-3;. The molecule has 9 rings (SSSR count). The van der Waals surface area contributed by atoms with Crippen LogP contribution < -0.4 is 19.8 Å². The Hall–Kier alpha value is -6.69. The van der Waals surface area contributed by atoms with E-state index in [0.29, 0.717) is 22.9 Å². The van der Waals surface area contributed by atoms with E-state index >= 15 is 0 Å². The van der Waals surface area contributed by atoms with Gasteiger partial charge in [0.2, 0.25) is 0 Å². The molecular formula is C43H34F3IrN12-5. The smallest absolute Gasteiger partial charge is 0.433 e. The van der Waals surface area contributed by atoms with Crippen LogP contribution in [0.3, 0.4) is 0 Å². The molecule has 7 aromatic rings. The molecule has 12 nitrogen and oxygen atoms in total. The molecule has 2 aromatic carbocycles. The molecule has 0 spiro atoms. The van der Waals surface area contributed by atoms with Crippen LogP contribution in [0.15, 0.2) is 104 Å². The Kier molecular flexibility index (Phi) is 11.2. The number of nitriles is 1. The topological polar surface area (TPSA) is 111 Å². The molecule has 1 radical (unpaired) electrons. The number of anilines is 5. The van der Waals surface area contributed by atoms with Gasteiger partial charge in [-0.2, -0.15) is 31.8 Å². The van der Waals surface area contributed by atoms with E-state index < -0.39 is 11.9 Å². The van der Waals surface area contributed by atoms with Gasteiger partial charge >= 0.3 is 6.18 Å². The Morgan fingerprint density at radius 1 is 0.847 bits per heavy atom. The number of rotatable bonds is 6. The third-order valence-corrected chi connectivity index (χ3v) is 9.43. The Bertz CT molecular complexity index is 2650. The summed E-state index contributed by atoms with van der Waals surface area (Å²) >= 11 is 0. The fourth-order valence-corrected chi connectivity index (χ4v) is 7.01. The maximum Gasteiger partial charge on any atom is 0.433 e. The zero-order valence-corrected chi connectivity index (χ0v) is 34.7. The first-order valence-electron chi connectivity index (χ1n) is 18.0. The average Bonchev–Trinajstić information content (AvgIpc) is 4.03. The van der Waals surface area contributed by atoms with Crippen LogP contribution in [0.2, 0.25) is 0 Å². The van der Waals surface area contributed by atoms with Crippen molar-refractivity contribution in [3.05, 3.63) is 158 Å². The third-order valence-electron chi connectivity index (χ3n) is 9.43. The van der Waals surface area contributed by atoms with E-state index in [1.807, 2.05) is 140 Å². The van der Waals surface area contributed by atoms with Crippen LogP contribution in [0.1, 0.15) is 27.9 Å². The predicted octanol–water partition coefficient (Wildman–Crippen LogP) is 8.58. The van der Waals surface area contributed by atoms with E-state index in [1.54, 1.807) is 35.8 Å². The minimum atomic E-state index is -4.62. The normalized spacial score (nSPS) is 13.5. The number of aryl methyl sites for hydroxylation is 3. The molecule has 0 fully saturated rings. The van der Waals surface area contributed by atoms with Gasteiger partial charge in [0.1, 0.15) is 11.5 Å². The number of alkyl halides is 3. The van der Waals surface area contributed by atoms with Crippen molar-refractivity contribution in [3.8, 4) is 11.9 Å². The second kappa shape index (κ2) is 16.3. The molecule has 0 saturated heterocycles. The van der Waals surface area contributed by atoms with Crippen LogP contribution in [-0.2, 0) is 26.3 Å². The van der Waals surface area contributed by atoms with Gasteiger partial charge < -0.3 is 39.1 Å². The van der Waals surface area contributed by atoms with Gasteiger partial charge in [0.05, 0.1) is 11.9 Å². The minimum Gasteiger partial charge on any atom is -0.510 e. The number of aromatic nitrogens is 6. The predicted molar refractivity (Wildman–Crippen MR) is 215 cm³/mol. The first-order chi connectivity index (χ1) is 27.9. The van der Waals surface area contributed by atoms with Crippen LogP contribution in [0, 0.1) is 57.6 Å². The van der Waals surface area contributed by atoms with Gasteiger partial charge in [-0.15, -0.1) is 40.5 Å². The monoisotopic (exact) mass is 968 g/mol. The van der Waals surface area contributed by atoms with Gasteiger partial charge in [-0.05, 0) is 113 Å². The number of fused-ring (bicyclic) bond motifs is 3. The summed E-state index contributed by atoms with van der Waals surface area (Å²) in [5.41, 5.74) is 6.32. The van der Waals surface area contributed by atoms with E-state index in [2.05, 4.69) is 38.4 Å². The van der Waals surface area contributed by atoms with Gasteiger partial charge in [-0.3, -0.25) is 10.1 Å². The fourth-order valence-electron chi connectivity index (χ4n) is 7.01. The summed E-state index contributed by atoms with van der Waals surface area (Å²) in [7, 11) is 3.91. The quantitative estimate of drug-likeness (QED) is 0.150. The zero-order valence-electron chi connectivity index (χ0n) is 32.3. The van der Waals surface area contributed by atoms with Crippen molar-refractivity contribution >= 4 is 50.5 Å². The van der Waals surface area contributed by atoms with E-state index in [9.17, 15) is 18.4 Å². The molecule has 7 heterocycles. The summed E-state index contributed by atoms with van der Waals surface area (Å²) in [6, 6.07) is 24.5. The van der Waals surface area contributed by atoms with Gasteiger partial charge in [0.15, 0.2) is 0 Å². The average molecular weight is 968 g/mol. The molecule has 0 amide bonds. The summed E-state index contributed by atoms with van der Waals surface area (Å²) in [5, 5.41) is 18.3. The number of benzene rings is 2. The molecule has 16 heteroatoms. The van der Waals surface area contributed by atoms with Gasteiger partial charge in [-0.1, -0.05) is 40.9 Å². The summed E-state index contributed by atoms with van der Waals surface area (Å²) in [4.78, 5) is 22.8. The van der Waals surface area contributed by atoms with E-state index in [4.69, 9.17) is 4.98 Å². The fraction of sp³-hybridized carbons (Fsp3) is 0.140. The summed E-state index contributed by atoms with van der Waals surface area (Å²) < 4.78 is 42.4. The number of hydrogen-bond donors (Lipinski definition) is 0. The Labute approximate surface area is 352 Å². The van der Waals surface area contributed by atoms with Crippen molar-refractivity contribution in [1.82, 2.24) is 39.5 Å². The molecule has 0 unspecified atom stereocenters. The van der Waals surface area contributed by atoms with Crippen molar-refractivity contribution in [1.29, 1.82) is 5.26 Å². The molecule has 2 aliphatic rings. The van der Waals surface area contributed by atoms with E-state index in [0.717, 1.165) is 55.9 Å². The summed E-state index contributed by atoms with van der Waals surface area (Å²) in [5.74, 6) is 0.975. The van der Waals surface area contributed by atoms with E-state index in [1.165, 1.54) is 0 Å². The van der Waals surface area contributed by atoms with Crippen LogP contribution >= 0.6 is 0 Å². The van der Waals surface area contributed by atoms with Gasteiger partial charge in [-0.25, -0.2) is 11.1 Å². The van der Waals surface area contributed by atoms with Crippen molar-refractivity contribution < 1.29 is 33.3 Å². The summed E-state index contributed by atoms with van der Waals surface area (Å²) in [6.45, 7) is 9.67. The molecule has 0 saturated carbocycles. The minimum absolute atomic E-state index is 0. The van der Waals surface area contributed by atoms with Crippen molar-refractivity contribution in [3.63, 3.8) is 0 Å². The molecule has 5 aromatic heterocycles. The number of nitrogens with zero attached hydrogens (tertiary/aromatic N) is 12. The second-order valence-electron chi connectivity index (χ2n) is 13.8. The molecule has 2 aliphatic heterocycles. The molecule has 0 N–H and O–H groups in total. The van der Waals surface area contributed by atoms with Crippen LogP contribution in [0.5, 0.6) is 0 Å². The Morgan fingerprint density at radius 3 is 2.10 bits per heavy atom. The van der Waals surface area contributed by atoms with Crippen LogP contribution in [0.25, 0.3) is 27.6 Å². The number of pyridine rings is 3. The second-order valence-corrected chi connectivity index (χ2v) is 13.8.